The van der Waals surface area contributed by atoms with Crippen LogP contribution < -0.4 is 0 Å². The van der Waals surface area contributed by atoms with Gasteiger partial charge < -0.3 is 4.98 Å². The summed E-state index contributed by atoms with van der Waals surface area (Å²) in [6, 6.07) is 10.3. The largest absolute Gasteiger partial charge is 0.361 e. The predicted octanol–water partition coefficient (Wildman–Crippen LogP) is 1.93. The molecule has 60 valence electrons. The number of hydrogen-bond donors (Lipinski definition) is 1. The van der Waals surface area contributed by atoms with Gasteiger partial charge in [0, 0.05) is 11.7 Å². The molecule has 0 saturated carbocycles. The molecule has 0 saturated heterocycles. The van der Waals surface area contributed by atoms with Gasteiger partial charge in [0.05, 0.1) is 0 Å². The maximum Gasteiger partial charge on any atom is 0.0453 e. The molecule has 0 aliphatic carbocycles. The van der Waals surface area contributed by atoms with Gasteiger partial charge in [0.15, 0.2) is 0 Å². The molecule has 12 heavy (non-hydrogen) atoms. The van der Waals surface area contributed by atoms with Gasteiger partial charge in [0.25, 0.3) is 0 Å². The van der Waals surface area contributed by atoms with Crippen LogP contribution in [0.25, 0.3) is 10.9 Å². The maximum absolute atomic E-state index is 8.50. The van der Waals surface area contributed by atoms with Crippen LogP contribution >= 0.6 is 0 Å². The fourth-order valence-electron chi connectivity index (χ4n) is 0.995. The van der Waals surface area contributed by atoms with Gasteiger partial charge in [-0.1, -0.05) is 18.2 Å². The number of para-hydroxylation sites is 1. The minimum absolute atomic E-state index is 1.21. The fraction of sp³-hybridized carbons (Fsp3) is 0. The average Bonchev–Trinajstić information content (AvgIpc) is 2.52. The number of H-pyrrole nitrogens is 1. The summed E-state index contributed by atoms with van der Waals surface area (Å²) in [5.74, 6) is 0. The van der Waals surface area contributed by atoms with E-state index in [9.17, 15) is 0 Å². The Morgan fingerprint density at radius 3 is 2.42 bits per heavy atom. The monoisotopic (exact) mass is 197 g/mol. The van der Waals surface area contributed by atoms with E-state index in [-0.39, 0.29) is 0 Å². The molecule has 0 atom stereocenters. The van der Waals surface area contributed by atoms with E-state index in [0.717, 1.165) is 0 Å². The second-order valence-electron chi connectivity index (χ2n) is 2.15. The summed E-state index contributed by atoms with van der Waals surface area (Å²) in [5.41, 5.74) is 1.21. The second-order valence-corrected chi connectivity index (χ2v) is 2.41. The van der Waals surface area contributed by atoms with E-state index in [1.807, 2.05) is 18.3 Å². The first-order valence-corrected chi connectivity index (χ1v) is 4.67. The number of aromatic amines is 1. The van der Waals surface area contributed by atoms with Crippen molar-refractivity contribution in [3.63, 3.8) is 0 Å². The van der Waals surface area contributed by atoms with Crippen molar-refractivity contribution in [3.05, 3.63) is 36.5 Å². The fourth-order valence-corrected chi connectivity index (χ4v) is 0.995. The molecule has 1 heterocycles. The molecule has 0 bridgehead atoms. The van der Waals surface area contributed by atoms with E-state index in [4.69, 9.17) is 6.65 Å². The third-order valence-corrected chi connectivity index (χ3v) is 1.46. The summed E-state index contributed by atoms with van der Waals surface area (Å²) in [4.78, 5) is 3.12. The van der Waals surface area contributed by atoms with Crippen LogP contribution in [-0.2, 0) is 25.7 Å². The predicted molar refractivity (Wildman–Crippen MR) is 39.7 cm³/mol. The van der Waals surface area contributed by atoms with Crippen molar-refractivity contribution in [1.82, 2.24) is 4.98 Å². The third-order valence-electron chi connectivity index (χ3n) is 1.46. The van der Waals surface area contributed by atoms with Crippen LogP contribution in [-0.4, -0.2) is 4.98 Å². The van der Waals surface area contributed by atoms with Crippen molar-refractivity contribution in [1.29, 1.82) is 0 Å². The van der Waals surface area contributed by atoms with Crippen molar-refractivity contribution < 1.29 is 25.7 Å². The average molecular weight is 197 g/mol. The van der Waals surface area contributed by atoms with Crippen LogP contribution in [0.1, 0.15) is 0 Å². The van der Waals surface area contributed by atoms with E-state index in [2.05, 4.69) is 23.2 Å². The Morgan fingerprint density at radius 2 is 1.75 bits per heavy atom. The van der Waals surface area contributed by atoms with Gasteiger partial charge in [0.1, 0.15) is 0 Å². The maximum atomic E-state index is 8.50. The van der Waals surface area contributed by atoms with E-state index in [1.165, 1.54) is 10.9 Å². The minimum atomic E-state index is -2.00. The molecule has 2 aromatic rings. The molecule has 1 aromatic heterocycles. The first kappa shape index (κ1) is 9.16. The summed E-state index contributed by atoms with van der Waals surface area (Å²) in [5, 5.41) is 1.28. The molecule has 0 amide bonds. The SMILES string of the molecule is [O]=[Ti]=[O].c1ccc2[nH]ccc2c1. The van der Waals surface area contributed by atoms with Crippen LogP contribution in [0, 0.1) is 0 Å². The molecular formula is C8H7NO2Ti. The molecule has 0 fully saturated rings. The van der Waals surface area contributed by atoms with Gasteiger partial charge in [-0.05, 0) is 17.5 Å². The molecular weight excluding hydrogens is 190 g/mol. The van der Waals surface area contributed by atoms with Crippen LogP contribution in [0.15, 0.2) is 36.5 Å². The van der Waals surface area contributed by atoms with Crippen molar-refractivity contribution in [2.75, 3.05) is 0 Å². The molecule has 0 aliphatic rings. The van der Waals surface area contributed by atoms with Crippen LogP contribution in [0.5, 0.6) is 0 Å². The number of fused-ring (bicyclic) bond motifs is 1. The van der Waals surface area contributed by atoms with E-state index in [0.29, 0.717) is 0 Å². The van der Waals surface area contributed by atoms with E-state index < -0.39 is 19.1 Å². The molecule has 3 nitrogen and oxygen atoms in total. The van der Waals surface area contributed by atoms with Gasteiger partial charge in [-0.3, -0.25) is 0 Å². The number of benzene rings is 1. The summed E-state index contributed by atoms with van der Waals surface area (Å²) in [6.45, 7) is 0. The normalized spacial score (nSPS) is 8.33. The zero-order valence-electron chi connectivity index (χ0n) is 6.28. The Kier molecular flexibility index (Phi) is 3.71. The van der Waals surface area contributed by atoms with E-state index >= 15 is 0 Å². The molecule has 2 rings (SSSR count). The number of aromatic nitrogens is 1. The standard InChI is InChI=1S/C8H7N.2O.Ti/c1-2-4-8-7(3-1)5-6-9-8;;;/h1-6,9H;;;. The molecule has 4 heteroatoms. The Bertz CT molecular complexity index is 360. The van der Waals surface area contributed by atoms with Gasteiger partial charge >= 0.3 is 25.7 Å². The topological polar surface area (TPSA) is 49.9 Å². The molecule has 1 N–H and O–H groups in total. The van der Waals surface area contributed by atoms with Crippen LogP contribution in [0.3, 0.4) is 0 Å². The van der Waals surface area contributed by atoms with Gasteiger partial charge in [-0.2, -0.15) is 0 Å². The molecule has 1 aromatic carbocycles. The summed E-state index contributed by atoms with van der Waals surface area (Å²) < 4.78 is 17.0. The molecule has 0 unspecified atom stereocenters. The zero-order chi connectivity index (χ0) is 8.81. The smallest absolute Gasteiger partial charge is 0.0453 e. The Hall–Kier alpha value is -0.926. The quantitative estimate of drug-likeness (QED) is 0.656. The zero-order valence-corrected chi connectivity index (χ0v) is 7.84. The van der Waals surface area contributed by atoms with Crippen LogP contribution in [0.4, 0.5) is 0 Å². The second kappa shape index (κ2) is 4.85. The molecule has 0 aliphatic heterocycles. The van der Waals surface area contributed by atoms with Gasteiger partial charge in [-0.15, -0.1) is 0 Å². The third kappa shape index (κ3) is 2.29. The molecule has 0 radical (unpaired) electrons. The Labute approximate surface area is 78.4 Å². The number of rotatable bonds is 0. The van der Waals surface area contributed by atoms with Crippen molar-refractivity contribution in [3.8, 4) is 0 Å². The Morgan fingerprint density at radius 1 is 1.08 bits per heavy atom. The minimum Gasteiger partial charge on any atom is -0.361 e. The van der Waals surface area contributed by atoms with Crippen molar-refractivity contribution in [2.24, 2.45) is 0 Å². The molecule has 0 spiro atoms. The van der Waals surface area contributed by atoms with Crippen LogP contribution in [0.2, 0.25) is 0 Å². The Balaban J connectivity index is 0.000000213. The first-order chi connectivity index (χ1) is 5.88. The number of nitrogens with one attached hydrogen (secondary N) is 1. The summed E-state index contributed by atoms with van der Waals surface area (Å²) in [6.07, 6.45) is 1.95. The van der Waals surface area contributed by atoms with Crippen molar-refractivity contribution in [2.45, 2.75) is 0 Å². The van der Waals surface area contributed by atoms with Gasteiger partial charge in [-0.25, -0.2) is 0 Å². The van der Waals surface area contributed by atoms with E-state index in [1.54, 1.807) is 0 Å². The summed E-state index contributed by atoms with van der Waals surface area (Å²) >= 11 is -2.00. The first-order valence-electron chi connectivity index (χ1n) is 3.40. The number of hydrogen-bond acceptors (Lipinski definition) is 2. The van der Waals surface area contributed by atoms with Crippen molar-refractivity contribution >= 4 is 10.9 Å². The van der Waals surface area contributed by atoms with Gasteiger partial charge in [0.2, 0.25) is 0 Å². The summed E-state index contributed by atoms with van der Waals surface area (Å²) in [7, 11) is 0.